The molecule has 2 aromatic carbocycles. The van der Waals surface area contributed by atoms with Crippen molar-refractivity contribution in [3.05, 3.63) is 59.7 Å². The molecule has 1 aliphatic rings. The normalized spacial score (nSPS) is 17.0. The Morgan fingerprint density at radius 1 is 1.26 bits per heavy atom. The quantitative estimate of drug-likeness (QED) is 0.947. The van der Waals surface area contributed by atoms with Crippen molar-refractivity contribution in [2.24, 2.45) is 5.10 Å². The molecule has 3 rings (SSSR count). The van der Waals surface area contributed by atoms with Gasteiger partial charge in [0.05, 0.1) is 18.9 Å². The number of benzene rings is 2. The Morgan fingerprint density at radius 2 is 2.00 bits per heavy atom. The highest BCUT2D eigenvalue weighted by Crippen LogP contribution is 2.34. The van der Waals surface area contributed by atoms with E-state index < -0.39 is 0 Å². The van der Waals surface area contributed by atoms with Crippen LogP contribution in [0.5, 0.6) is 11.5 Å². The minimum Gasteiger partial charge on any atom is -0.504 e. The van der Waals surface area contributed by atoms with Gasteiger partial charge < -0.3 is 9.84 Å². The van der Waals surface area contributed by atoms with Crippen LogP contribution in [-0.2, 0) is 4.79 Å². The molecule has 0 aromatic heterocycles. The Hall–Kier alpha value is -2.82. The van der Waals surface area contributed by atoms with Crippen LogP contribution in [-0.4, -0.2) is 28.8 Å². The summed E-state index contributed by atoms with van der Waals surface area (Å²) in [4.78, 5) is 11.9. The fourth-order valence-corrected chi connectivity index (χ4v) is 2.77. The van der Waals surface area contributed by atoms with Crippen molar-refractivity contribution in [3.63, 3.8) is 0 Å². The van der Waals surface area contributed by atoms with Gasteiger partial charge in [0.2, 0.25) is 5.91 Å². The zero-order chi connectivity index (χ0) is 16.4. The third kappa shape index (κ3) is 2.90. The van der Waals surface area contributed by atoms with Crippen LogP contribution in [0.15, 0.2) is 53.6 Å². The summed E-state index contributed by atoms with van der Waals surface area (Å²) >= 11 is 0. The molecule has 0 bridgehead atoms. The molecule has 0 spiro atoms. The molecule has 1 atom stereocenters. The van der Waals surface area contributed by atoms with Crippen LogP contribution < -0.4 is 4.74 Å². The van der Waals surface area contributed by atoms with E-state index in [1.165, 1.54) is 19.0 Å². The zero-order valence-electron chi connectivity index (χ0n) is 13.1. The van der Waals surface area contributed by atoms with Crippen molar-refractivity contribution in [1.82, 2.24) is 5.01 Å². The number of hydrazone groups is 1. The number of carbonyl (C=O) groups excluding carboxylic acids is 1. The molecular weight excluding hydrogens is 292 g/mol. The number of methoxy groups -OCH3 is 1. The lowest BCUT2D eigenvalue weighted by molar-refractivity contribution is -0.130. The highest BCUT2D eigenvalue weighted by Gasteiger charge is 2.31. The molecule has 0 saturated carbocycles. The molecule has 0 radical (unpaired) electrons. The van der Waals surface area contributed by atoms with Gasteiger partial charge in [0, 0.05) is 18.9 Å². The van der Waals surface area contributed by atoms with Gasteiger partial charge in [-0.15, -0.1) is 0 Å². The predicted molar refractivity (Wildman–Crippen MR) is 87.5 cm³/mol. The Bertz CT molecular complexity index is 756. The second-order valence-corrected chi connectivity index (χ2v) is 5.43. The van der Waals surface area contributed by atoms with Crippen LogP contribution in [0.4, 0.5) is 0 Å². The summed E-state index contributed by atoms with van der Waals surface area (Å²) in [6.45, 7) is 1.51. The summed E-state index contributed by atoms with van der Waals surface area (Å²) in [5, 5.41) is 15.7. The topological polar surface area (TPSA) is 62.1 Å². The molecule has 5 nitrogen and oxygen atoms in total. The Morgan fingerprint density at radius 3 is 2.65 bits per heavy atom. The van der Waals surface area contributed by atoms with Crippen LogP contribution in [0.25, 0.3) is 0 Å². The Labute approximate surface area is 134 Å². The minimum atomic E-state index is -0.108. The SMILES string of the molecule is COc1cc(C2=NN(C(C)=O)[C@H](c3ccccc3)C2)ccc1O. The van der Waals surface area contributed by atoms with Crippen molar-refractivity contribution in [1.29, 1.82) is 0 Å². The molecular formula is C18H18N2O3. The number of rotatable bonds is 3. The van der Waals surface area contributed by atoms with Gasteiger partial charge in [0.1, 0.15) is 0 Å². The van der Waals surface area contributed by atoms with E-state index in [4.69, 9.17) is 4.74 Å². The fraction of sp³-hybridized carbons (Fsp3) is 0.222. The summed E-state index contributed by atoms with van der Waals surface area (Å²) in [6.07, 6.45) is 0.623. The monoisotopic (exact) mass is 310 g/mol. The van der Waals surface area contributed by atoms with E-state index in [0.29, 0.717) is 12.2 Å². The molecule has 0 saturated heterocycles. The van der Waals surface area contributed by atoms with Crippen molar-refractivity contribution in [2.75, 3.05) is 7.11 Å². The van der Waals surface area contributed by atoms with Crippen molar-refractivity contribution < 1.29 is 14.6 Å². The highest BCUT2D eigenvalue weighted by molar-refractivity contribution is 6.03. The first kappa shape index (κ1) is 15.1. The maximum atomic E-state index is 11.9. The van der Waals surface area contributed by atoms with E-state index in [0.717, 1.165) is 16.8 Å². The lowest BCUT2D eigenvalue weighted by Crippen LogP contribution is -2.24. The average molecular weight is 310 g/mol. The van der Waals surface area contributed by atoms with Crippen LogP contribution in [0.3, 0.4) is 0 Å². The number of phenols is 1. The number of nitrogens with zero attached hydrogens (tertiary/aromatic N) is 2. The largest absolute Gasteiger partial charge is 0.504 e. The van der Waals surface area contributed by atoms with Gasteiger partial charge in [-0.05, 0) is 23.8 Å². The first-order valence-electron chi connectivity index (χ1n) is 7.39. The average Bonchev–Trinajstić information content (AvgIpc) is 3.02. The number of ether oxygens (including phenoxy) is 1. The van der Waals surface area contributed by atoms with Gasteiger partial charge >= 0.3 is 0 Å². The first-order valence-corrected chi connectivity index (χ1v) is 7.39. The van der Waals surface area contributed by atoms with Crippen molar-refractivity contribution >= 4 is 11.6 Å². The summed E-state index contributed by atoms with van der Waals surface area (Å²) < 4.78 is 5.15. The maximum Gasteiger partial charge on any atom is 0.240 e. The second-order valence-electron chi connectivity index (χ2n) is 5.43. The van der Waals surface area contributed by atoms with Crippen LogP contribution in [0.1, 0.15) is 30.5 Å². The van der Waals surface area contributed by atoms with E-state index in [9.17, 15) is 9.90 Å². The van der Waals surface area contributed by atoms with Gasteiger partial charge in [0.15, 0.2) is 11.5 Å². The molecule has 23 heavy (non-hydrogen) atoms. The maximum absolute atomic E-state index is 11.9. The molecule has 1 heterocycles. The lowest BCUT2D eigenvalue weighted by Gasteiger charge is -2.20. The molecule has 1 aliphatic heterocycles. The van der Waals surface area contributed by atoms with E-state index in [2.05, 4.69) is 5.10 Å². The van der Waals surface area contributed by atoms with Crippen LogP contribution >= 0.6 is 0 Å². The molecule has 118 valence electrons. The third-order valence-electron chi connectivity index (χ3n) is 3.93. The molecule has 1 amide bonds. The van der Waals surface area contributed by atoms with E-state index in [1.54, 1.807) is 18.2 Å². The molecule has 0 aliphatic carbocycles. The number of hydrogen-bond donors (Lipinski definition) is 1. The second kappa shape index (κ2) is 6.12. The van der Waals surface area contributed by atoms with Gasteiger partial charge in [-0.2, -0.15) is 5.10 Å². The van der Waals surface area contributed by atoms with Gasteiger partial charge in [-0.25, -0.2) is 5.01 Å². The minimum absolute atomic E-state index is 0.0814. The smallest absolute Gasteiger partial charge is 0.240 e. The van der Waals surface area contributed by atoms with E-state index in [-0.39, 0.29) is 17.7 Å². The van der Waals surface area contributed by atoms with Crippen molar-refractivity contribution in [3.8, 4) is 11.5 Å². The number of aromatic hydroxyl groups is 1. The molecule has 0 unspecified atom stereocenters. The predicted octanol–water partition coefficient (Wildman–Crippen LogP) is 3.10. The van der Waals surface area contributed by atoms with Crippen LogP contribution in [0, 0.1) is 0 Å². The van der Waals surface area contributed by atoms with Crippen molar-refractivity contribution in [2.45, 2.75) is 19.4 Å². The molecule has 2 aromatic rings. The number of carbonyl (C=O) groups is 1. The summed E-state index contributed by atoms with van der Waals surface area (Å²) in [6, 6.07) is 14.8. The standard InChI is InChI=1S/C18H18N2O3/c1-12(21)20-16(13-6-4-3-5-7-13)11-15(19-20)14-8-9-17(22)18(10-14)23-2/h3-10,16,22H,11H2,1-2H3/t16-/m0/s1. The molecule has 1 N–H and O–H groups in total. The number of amides is 1. The molecule has 5 heteroatoms. The fourth-order valence-electron chi connectivity index (χ4n) is 2.77. The summed E-state index contributed by atoms with van der Waals surface area (Å²) in [5.74, 6) is 0.375. The zero-order valence-corrected chi connectivity index (χ0v) is 13.1. The Balaban J connectivity index is 1.95. The summed E-state index contributed by atoms with van der Waals surface area (Å²) in [5.41, 5.74) is 2.68. The van der Waals surface area contributed by atoms with E-state index in [1.807, 2.05) is 30.3 Å². The van der Waals surface area contributed by atoms with Gasteiger partial charge in [0.25, 0.3) is 0 Å². The third-order valence-corrected chi connectivity index (χ3v) is 3.93. The number of phenolic OH excluding ortho intramolecular Hbond substituents is 1. The van der Waals surface area contributed by atoms with E-state index >= 15 is 0 Å². The first-order chi connectivity index (χ1) is 11.1. The number of hydrogen-bond acceptors (Lipinski definition) is 4. The van der Waals surface area contributed by atoms with Gasteiger partial charge in [-0.3, -0.25) is 4.79 Å². The highest BCUT2D eigenvalue weighted by atomic mass is 16.5. The van der Waals surface area contributed by atoms with Gasteiger partial charge in [-0.1, -0.05) is 30.3 Å². The Kier molecular flexibility index (Phi) is 4.02. The summed E-state index contributed by atoms with van der Waals surface area (Å²) in [7, 11) is 1.50. The molecule has 0 fully saturated rings. The lowest BCUT2D eigenvalue weighted by atomic mass is 9.98. The van der Waals surface area contributed by atoms with Crippen LogP contribution in [0.2, 0.25) is 0 Å².